The van der Waals surface area contributed by atoms with Crippen molar-refractivity contribution in [2.45, 2.75) is 45.8 Å². The van der Waals surface area contributed by atoms with Crippen molar-refractivity contribution >= 4 is 5.82 Å². The van der Waals surface area contributed by atoms with Gasteiger partial charge in [-0.2, -0.15) is 0 Å². The van der Waals surface area contributed by atoms with Crippen LogP contribution in [0.4, 0.5) is 5.82 Å². The molecule has 7 nitrogen and oxygen atoms in total. The van der Waals surface area contributed by atoms with Gasteiger partial charge in [-0.05, 0) is 27.7 Å². The minimum Gasteiger partial charge on any atom is -0.381 e. The van der Waals surface area contributed by atoms with E-state index in [-0.39, 0.29) is 6.04 Å². The number of hydrogen-bond acceptors (Lipinski definition) is 6. The van der Waals surface area contributed by atoms with E-state index >= 15 is 0 Å². The Morgan fingerprint density at radius 2 is 2.09 bits per heavy atom. The van der Waals surface area contributed by atoms with Crippen LogP contribution in [0.1, 0.15) is 43.4 Å². The molecule has 1 saturated heterocycles. The lowest BCUT2D eigenvalue weighted by Crippen LogP contribution is -2.32. The van der Waals surface area contributed by atoms with Crippen LogP contribution >= 0.6 is 0 Å². The van der Waals surface area contributed by atoms with Gasteiger partial charge < -0.3 is 10.0 Å². The van der Waals surface area contributed by atoms with Crippen molar-refractivity contribution in [2.75, 3.05) is 18.0 Å². The van der Waals surface area contributed by atoms with Crippen molar-refractivity contribution in [1.29, 1.82) is 0 Å². The van der Waals surface area contributed by atoms with Crippen LogP contribution < -0.4 is 4.90 Å². The average molecular weight is 302 g/mol. The first-order chi connectivity index (χ1) is 10.4. The van der Waals surface area contributed by atoms with Gasteiger partial charge in [0.2, 0.25) is 0 Å². The zero-order chi connectivity index (χ0) is 15.9. The Bertz CT molecular complexity index is 682. The van der Waals surface area contributed by atoms with E-state index in [9.17, 15) is 5.11 Å². The van der Waals surface area contributed by atoms with Gasteiger partial charge in [-0.15, -0.1) is 5.10 Å². The van der Waals surface area contributed by atoms with Crippen LogP contribution in [-0.2, 0) is 5.60 Å². The van der Waals surface area contributed by atoms with Gasteiger partial charge in [0, 0.05) is 25.2 Å². The standard InChI is InChI=1S/C15H22N6O/c1-10(2)21-8-13(18-19-21)15(22)5-6-20(9-15)14-12(4)16-7-11(3)17-14/h7-8,10,22H,5-6,9H2,1-4H3/t15-/m0/s1. The van der Waals surface area contributed by atoms with E-state index in [0.717, 1.165) is 23.8 Å². The van der Waals surface area contributed by atoms with Gasteiger partial charge in [0.1, 0.15) is 17.1 Å². The maximum atomic E-state index is 10.9. The molecule has 1 aliphatic rings. The largest absolute Gasteiger partial charge is 0.381 e. The SMILES string of the molecule is Cc1cnc(C)c(N2CC[C@@](O)(c3cn(C(C)C)nn3)C2)n1. The van der Waals surface area contributed by atoms with Gasteiger partial charge in [0.15, 0.2) is 0 Å². The Hall–Kier alpha value is -2.02. The van der Waals surface area contributed by atoms with Crippen molar-refractivity contribution in [3.05, 3.63) is 29.5 Å². The Morgan fingerprint density at radius 1 is 1.32 bits per heavy atom. The lowest BCUT2D eigenvalue weighted by atomic mass is 10.00. The van der Waals surface area contributed by atoms with Crippen LogP contribution in [0, 0.1) is 13.8 Å². The molecule has 2 aromatic rings. The molecule has 0 amide bonds. The van der Waals surface area contributed by atoms with Crippen LogP contribution in [0.15, 0.2) is 12.4 Å². The van der Waals surface area contributed by atoms with Crippen LogP contribution in [0.3, 0.4) is 0 Å². The fraction of sp³-hybridized carbons (Fsp3) is 0.600. The van der Waals surface area contributed by atoms with Crippen molar-refractivity contribution in [1.82, 2.24) is 25.0 Å². The first-order valence-corrected chi connectivity index (χ1v) is 7.59. The molecule has 2 aromatic heterocycles. The maximum Gasteiger partial charge on any atom is 0.150 e. The van der Waals surface area contributed by atoms with E-state index in [1.165, 1.54) is 0 Å². The van der Waals surface area contributed by atoms with Crippen LogP contribution in [-0.4, -0.2) is 43.2 Å². The molecule has 0 saturated carbocycles. The number of hydrogen-bond donors (Lipinski definition) is 1. The monoisotopic (exact) mass is 302 g/mol. The Kier molecular flexibility index (Phi) is 3.60. The van der Waals surface area contributed by atoms with Crippen LogP contribution in [0.25, 0.3) is 0 Å². The van der Waals surface area contributed by atoms with Gasteiger partial charge in [0.05, 0.1) is 24.1 Å². The molecule has 0 radical (unpaired) electrons. The molecule has 0 aliphatic carbocycles. The molecule has 1 fully saturated rings. The van der Waals surface area contributed by atoms with E-state index in [1.807, 2.05) is 33.9 Å². The Morgan fingerprint density at radius 3 is 2.77 bits per heavy atom. The number of aromatic nitrogens is 5. The molecule has 3 heterocycles. The minimum absolute atomic E-state index is 0.229. The third-order valence-electron chi connectivity index (χ3n) is 4.11. The van der Waals surface area contributed by atoms with Crippen molar-refractivity contribution in [2.24, 2.45) is 0 Å². The van der Waals surface area contributed by atoms with Crippen LogP contribution in [0.5, 0.6) is 0 Å². The Labute approximate surface area is 130 Å². The second-order valence-electron chi connectivity index (χ2n) is 6.30. The summed E-state index contributed by atoms with van der Waals surface area (Å²) in [6, 6.07) is 0.229. The average Bonchev–Trinajstić information content (AvgIpc) is 3.09. The predicted molar refractivity (Wildman–Crippen MR) is 82.6 cm³/mol. The Balaban J connectivity index is 1.85. The smallest absolute Gasteiger partial charge is 0.150 e. The zero-order valence-corrected chi connectivity index (χ0v) is 13.5. The molecular weight excluding hydrogens is 280 g/mol. The molecule has 1 atom stereocenters. The molecule has 0 unspecified atom stereocenters. The predicted octanol–water partition coefficient (Wildman–Crippen LogP) is 1.36. The number of aliphatic hydroxyl groups is 1. The first kappa shape index (κ1) is 14.9. The molecule has 7 heteroatoms. The highest BCUT2D eigenvalue weighted by Crippen LogP contribution is 2.33. The number of aryl methyl sites for hydroxylation is 2. The molecule has 3 rings (SSSR count). The molecule has 0 bridgehead atoms. The summed E-state index contributed by atoms with van der Waals surface area (Å²) in [5.74, 6) is 0.840. The van der Waals surface area contributed by atoms with E-state index < -0.39 is 5.60 Å². The summed E-state index contributed by atoms with van der Waals surface area (Å²) >= 11 is 0. The summed E-state index contributed by atoms with van der Waals surface area (Å²) in [5.41, 5.74) is 1.40. The third kappa shape index (κ3) is 2.56. The van der Waals surface area contributed by atoms with Gasteiger partial charge in [-0.25, -0.2) is 9.67 Å². The van der Waals surface area contributed by atoms with Gasteiger partial charge in [-0.1, -0.05) is 5.21 Å². The second kappa shape index (κ2) is 5.31. The van der Waals surface area contributed by atoms with Gasteiger partial charge >= 0.3 is 0 Å². The molecule has 0 aromatic carbocycles. The number of nitrogens with zero attached hydrogens (tertiary/aromatic N) is 6. The fourth-order valence-electron chi connectivity index (χ4n) is 2.75. The second-order valence-corrected chi connectivity index (χ2v) is 6.30. The summed E-state index contributed by atoms with van der Waals surface area (Å²) in [6.07, 6.45) is 4.21. The van der Waals surface area contributed by atoms with Crippen molar-refractivity contribution < 1.29 is 5.11 Å². The molecule has 22 heavy (non-hydrogen) atoms. The maximum absolute atomic E-state index is 10.9. The van der Waals surface area contributed by atoms with Crippen molar-refractivity contribution in [3.63, 3.8) is 0 Å². The summed E-state index contributed by atoms with van der Waals surface area (Å²) in [7, 11) is 0. The number of anilines is 1. The summed E-state index contributed by atoms with van der Waals surface area (Å²) in [4.78, 5) is 11.0. The summed E-state index contributed by atoms with van der Waals surface area (Å²) in [6.45, 7) is 9.12. The lowest BCUT2D eigenvalue weighted by Gasteiger charge is -2.22. The normalized spacial score (nSPS) is 21.8. The minimum atomic E-state index is -0.981. The molecule has 0 spiro atoms. The van der Waals surface area contributed by atoms with Crippen LogP contribution in [0.2, 0.25) is 0 Å². The summed E-state index contributed by atoms with van der Waals surface area (Å²) in [5, 5.41) is 19.2. The van der Waals surface area contributed by atoms with E-state index in [2.05, 4.69) is 25.2 Å². The van der Waals surface area contributed by atoms with E-state index in [0.29, 0.717) is 18.7 Å². The lowest BCUT2D eigenvalue weighted by molar-refractivity contribution is 0.0558. The molecule has 118 valence electrons. The number of rotatable bonds is 3. The quantitative estimate of drug-likeness (QED) is 0.922. The molecule has 1 aliphatic heterocycles. The van der Waals surface area contributed by atoms with E-state index in [1.54, 1.807) is 10.9 Å². The first-order valence-electron chi connectivity index (χ1n) is 7.59. The zero-order valence-electron chi connectivity index (χ0n) is 13.5. The highest BCUT2D eigenvalue weighted by Gasteiger charge is 2.41. The number of β-amino-alcohol motifs (C(OH)–C–C–N with tert-alkyl or cyclic N) is 1. The fourth-order valence-corrected chi connectivity index (χ4v) is 2.75. The topological polar surface area (TPSA) is 80.0 Å². The molecule has 1 N–H and O–H groups in total. The highest BCUT2D eigenvalue weighted by atomic mass is 16.3. The summed E-state index contributed by atoms with van der Waals surface area (Å²) < 4.78 is 1.77. The van der Waals surface area contributed by atoms with Crippen molar-refractivity contribution in [3.8, 4) is 0 Å². The van der Waals surface area contributed by atoms with E-state index in [4.69, 9.17) is 0 Å². The third-order valence-corrected chi connectivity index (χ3v) is 4.11. The highest BCUT2D eigenvalue weighted by molar-refractivity contribution is 5.45. The molecular formula is C15H22N6O. The van der Waals surface area contributed by atoms with Gasteiger partial charge in [0.25, 0.3) is 0 Å². The van der Waals surface area contributed by atoms with Gasteiger partial charge in [-0.3, -0.25) is 4.98 Å².